The van der Waals surface area contributed by atoms with E-state index in [0.29, 0.717) is 18.5 Å². The third kappa shape index (κ3) is 4.25. The van der Waals surface area contributed by atoms with Crippen LogP contribution in [0.3, 0.4) is 0 Å². The molecule has 7 nitrogen and oxygen atoms in total. The average Bonchev–Trinajstić information content (AvgIpc) is 2.67. The lowest BCUT2D eigenvalue weighted by atomic mass is 10.0. The van der Waals surface area contributed by atoms with Crippen LogP contribution in [0.2, 0.25) is 0 Å². The average molecular weight is 369 g/mol. The highest BCUT2D eigenvalue weighted by molar-refractivity contribution is 5.95. The number of rotatable bonds is 5. The number of hydrogen-bond donors (Lipinski definition) is 1. The zero-order valence-electron chi connectivity index (χ0n) is 15.5. The zero-order valence-corrected chi connectivity index (χ0v) is 15.5. The molecule has 1 saturated heterocycles. The van der Waals surface area contributed by atoms with Crippen molar-refractivity contribution in [3.05, 3.63) is 59.4 Å². The Labute approximate surface area is 158 Å². The SMILES string of the molecule is COc1cccc(Cc2cncc(C(=O)N3CCO[C@@](C)(C(N)=O)C3)c2)c1. The maximum absolute atomic E-state index is 12.9. The molecular weight excluding hydrogens is 346 g/mol. The van der Waals surface area contributed by atoms with Crippen molar-refractivity contribution in [1.82, 2.24) is 9.88 Å². The lowest BCUT2D eigenvalue weighted by Crippen LogP contribution is -2.58. The van der Waals surface area contributed by atoms with Crippen LogP contribution >= 0.6 is 0 Å². The van der Waals surface area contributed by atoms with Crippen LogP contribution in [0, 0.1) is 0 Å². The van der Waals surface area contributed by atoms with Crippen LogP contribution in [0.4, 0.5) is 0 Å². The lowest BCUT2D eigenvalue weighted by Gasteiger charge is -2.38. The topological polar surface area (TPSA) is 94.8 Å². The molecule has 2 amide bonds. The Morgan fingerprint density at radius 2 is 2.11 bits per heavy atom. The predicted octanol–water partition coefficient (Wildman–Crippen LogP) is 1.40. The largest absolute Gasteiger partial charge is 0.497 e. The van der Waals surface area contributed by atoms with Gasteiger partial charge in [-0.2, -0.15) is 0 Å². The maximum atomic E-state index is 12.9. The van der Waals surface area contributed by atoms with Gasteiger partial charge in [0, 0.05) is 18.9 Å². The maximum Gasteiger partial charge on any atom is 0.255 e. The Balaban J connectivity index is 1.76. The summed E-state index contributed by atoms with van der Waals surface area (Å²) in [6.07, 6.45) is 3.91. The van der Waals surface area contributed by atoms with Gasteiger partial charge in [-0.1, -0.05) is 12.1 Å². The molecule has 2 heterocycles. The number of morpholine rings is 1. The number of carbonyl (C=O) groups is 2. The van der Waals surface area contributed by atoms with Gasteiger partial charge in [0.05, 0.1) is 25.8 Å². The molecule has 0 aliphatic carbocycles. The Bertz CT molecular complexity index is 855. The van der Waals surface area contributed by atoms with Gasteiger partial charge >= 0.3 is 0 Å². The summed E-state index contributed by atoms with van der Waals surface area (Å²) >= 11 is 0. The third-order valence-electron chi connectivity index (χ3n) is 4.67. The molecule has 1 atom stereocenters. The lowest BCUT2D eigenvalue weighted by molar-refractivity contribution is -0.150. The molecule has 1 aromatic carbocycles. The van der Waals surface area contributed by atoms with Crippen molar-refractivity contribution in [2.45, 2.75) is 18.9 Å². The second kappa shape index (κ2) is 7.75. The molecule has 1 aliphatic rings. The fourth-order valence-electron chi connectivity index (χ4n) is 3.09. The van der Waals surface area contributed by atoms with Gasteiger partial charge in [0.25, 0.3) is 11.8 Å². The molecule has 2 N–H and O–H groups in total. The van der Waals surface area contributed by atoms with Crippen molar-refractivity contribution >= 4 is 11.8 Å². The summed E-state index contributed by atoms with van der Waals surface area (Å²) in [5.74, 6) is 0.0161. The Morgan fingerprint density at radius 1 is 1.30 bits per heavy atom. The van der Waals surface area contributed by atoms with E-state index in [-0.39, 0.29) is 19.1 Å². The van der Waals surface area contributed by atoms with E-state index >= 15 is 0 Å². The normalized spacial score (nSPS) is 19.6. The van der Waals surface area contributed by atoms with E-state index in [1.54, 1.807) is 25.1 Å². The molecule has 27 heavy (non-hydrogen) atoms. The Kier molecular flexibility index (Phi) is 5.41. The van der Waals surface area contributed by atoms with Gasteiger partial charge in [0.15, 0.2) is 5.60 Å². The highest BCUT2D eigenvalue weighted by atomic mass is 16.5. The van der Waals surface area contributed by atoms with Crippen LogP contribution in [0.1, 0.15) is 28.4 Å². The molecular formula is C20H23N3O4. The predicted molar refractivity (Wildman–Crippen MR) is 99.5 cm³/mol. The molecule has 1 aliphatic heterocycles. The highest BCUT2D eigenvalue weighted by Gasteiger charge is 2.39. The molecule has 3 rings (SSSR count). The van der Waals surface area contributed by atoms with E-state index in [1.165, 1.54) is 6.20 Å². The van der Waals surface area contributed by atoms with Crippen molar-refractivity contribution in [2.75, 3.05) is 26.8 Å². The number of methoxy groups -OCH3 is 1. The van der Waals surface area contributed by atoms with Crippen molar-refractivity contribution in [3.8, 4) is 5.75 Å². The summed E-state index contributed by atoms with van der Waals surface area (Å²) in [5.41, 5.74) is 6.70. The van der Waals surface area contributed by atoms with Crippen LogP contribution in [-0.2, 0) is 16.0 Å². The van der Waals surface area contributed by atoms with Crippen molar-refractivity contribution < 1.29 is 19.1 Å². The van der Waals surface area contributed by atoms with Crippen LogP contribution in [-0.4, -0.2) is 54.1 Å². The van der Waals surface area contributed by atoms with Gasteiger partial charge < -0.3 is 20.1 Å². The Hall–Kier alpha value is -2.93. The molecule has 1 fully saturated rings. The highest BCUT2D eigenvalue weighted by Crippen LogP contribution is 2.20. The summed E-state index contributed by atoms with van der Waals surface area (Å²) in [5, 5.41) is 0. The molecule has 2 aromatic rings. The van der Waals surface area contributed by atoms with Gasteiger partial charge in [0.2, 0.25) is 0 Å². The quantitative estimate of drug-likeness (QED) is 0.860. The van der Waals surface area contributed by atoms with Crippen LogP contribution in [0.5, 0.6) is 5.75 Å². The molecule has 7 heteroatoms. The molecule has 0 radical (unpaired) electrons. The van der Waals surface area contributed by atoms with E-state index in [0.717, 1.165) is 16.9 Å². The third-order valence-corrected chi connectivity index (χ3v) is 4.67. The number of nitrogens with zero attached hydrogens (tertiary/aromatic N) is 2. The smallest absolute Gasteiger partial charge is 0.255 e. The molecule has 0 saturated carbocycles. The van der Waals surface area contributed by atoms with Crippen LogP contribution in [0.25, 0.3) is 0 Å². The van der Waals surface area contributed by atoms with Gasteiger partial charge in [0.1, 0.15) is 5.75 Å². The fourth-order valence-corrected chi connectivity index (χ4v) is 3.09. The number of pyridine rings is 1. The molecule has 0 unspecified atom stereocenters. The first-order chi connectivity index (χ1) is 12.9. The van der Waals surface area contributed by atoms with E-state index in [1.807, 2.05) is 30.3 Å². The van der Waals surface area contributed by atoms with Gasteiger partial charge in [-0.05, 0) is 42.7 Å². The van der Waals surface area contributed by atoms with Crippen molar-refractivity contribution in [2.24, 2.45) is 5.73 Å². The molecule has 1 aromatic heterocycles. The summed E-state index contributed by atoms with van der Waals surface area (Å²) in [7, 11) is 1.63. The summed E-state index contributed by atoms with van der Waals surface area (Å²) in [6, 6.07) is 9.59. The summed E-state index contributed by atoms with van der Waals surface area (Å²) < 4.78 is 10.7. The number of ether oxygens (including phenoxy) is 2. The fraction of sp³-hybridized carbons (Fsp3) is 0.350. The summed E-state index contributed by atoms with van der Waals surface area (Å²) in [6.45, 7) is 2.40. The number of benzene rings is 1. The van der Waals surface area contributed by atoms with E-state index in [2.05, 4.69) is 4.98 Å². The first-order valence-electron chi connectivity index (χ1n) is 8.71. The minimum atomic E-state index is -1.17. The second-order valence-electron chi connectivity index (χ2n) is 6.78. The minimum Gasteiger partial charge on any atom is -0.497 e. The standard InChI is InChI=1S/C20H23N3O4/c1-20(19(21)25)13-23(6-7-27-20)18(24)16-9-15(11-22-12-16)8-14-4-3-5-17(10-14)26-2/h3-5,9-12H,6-8,13H2,1-2H3,(H2,21,25)/t20-/m1/s1. The van der Waals surface area contributed by atoms with Crippen molar-refractivity contribution in [3.63, 3.8) is 0 Å². The van der Waals surface area contributed by atoms with Gasteiger partial charge in [-0.3, -0.25) is 14.6 Å². The van der Waals surface area contributed by atoms with E-state index in [9.17, 15) is 9.59 Å². The summed E-state index contributed by atoms with van der Waals surface area (Å²) in [4.78, 5) is 30.3. The second-order valence-corrected chi connectivity index (χ2v) is 6.78. The van der Waals surface area contributed by atoms with E-state index < -0.39 is 11.5 Å². The molecule has 0 bridgehead atoms. The minimum absolute atomic E-state index is 0.126. The number of aromatic nitrogens is 1. The number of nitrogens with two attached hydrogens (primary N) is 1. The first-order valence-corrected chi connectivity index (χ1v) is 8.71. The number of amides is 2. The molecule has 142 valence electrons. The van der Waals surface area contributed by atoms with Crippen molar-refractivity contribution in [1.29, 1.82) is 0 Å². The first kappa shape index (κ1) is 18.8. The van der Waals surface area contributed by atoms with Gasteiger partial charge in [-0.15, -0.1) is 0 Å². The Morgan fingerprint density at radius 3 is 2.85 bits per heavy atom. The number of primary amides is 1. The van der Waals surface area contributed by atoms with Gasteiger partial charge in [-0.25, -0.2) is 0 Å². The van der Waals surface area contributed by atoms with Crippen LogP contribution < -0.4 is 10.5 Å². The number of carbonyl (C=O) groups excluding carboxylic acids is 2. The monoisotopic (exact) mass is 369 g/mol. The van der Waals surface area contributed by atoms with Crippen LogP contribution in [0.15, 0.2) is 42.7 Å². The number of hydrogen-bond acceptors (Lipinski definition) is 5. The molecule has 0 spiro atoms. The zero-order chi connectivity index (χ0) is 19.4. The van der Waals surface area contributed by atoms with E-state index in [4.69, 9.17) is 15.2 Å².